The molecule has 0 saturated heterocycles. The fourth-order valence-corrected chi connectivity index (χ4v) is 1.73. The van der Waals surface area contributed by atoms with Crippen LogP contribution in [0, 0.1) is 0 Å². The lowest BCUT2D eigenvalue weighted by Gasteiger charge is -2.09. The minimum absolute atomic E-state index is 0.00282. The third-order valence-corrected chi connectivity index (χ3v) is 2.42. The molecule has 3 heterocycles. The summed E-state index contributed by atoms with van der Waals surface area (Å²) >= 11 is 0. The SMILES string of the molecule is O=C(O)c1cc2oc3c(n2n1)CCOC3. The van der Waals surface area contributed by atoms with E-state index >= 15 is 0 Å². The minimum atomic E-state index is -1.05. The molecule has 0 radical (unpaired) electrons. The summed E-state index contributed by atoms with van der Waals surface area (Å²) in [6, 6.07) is 1.42. The van der Waals surface area contributed by atoms with Gasteiger partial charge in [0.05, 0.1) is 12.3 Å². The summed E-state index contributed by atoms with van der Waals surface area (Å²) in [5.41, 5.74) is 1.37. The molecule has 0 saturated carbocycles. The number of carbonyl (C=O) groups is 1. The first kappa shape index (κ1) is 8.49. The Morgan fingerprint density at radius 2 is 2.47 bits per heavy atom. The lowest BCUT2D eigenvalue weighted by atomic mass is 10.2. The zero-order valence-corrected chi connectivity index (χ0v) is 7.77. The third-order valence-electron chi connectivity index (χ3n) is 2.42. The zero-order valence-electron chi connectivity index (χ0n) is 7.77. The van der Waals surface area contributed by atoms with Crippen LogP contribution in [0.5, 0.6) is 0 Å². The van der Waals surface area contributed by atoms with Gasteiger partial charge in [0.2, 0.25) is 5.71 Å². The van der Waals surface area contributed by atoms with Crippen molar-refractivity contribution < 1.29 is 19.1 Å². The number of nitrogens with zero attached hydrogens (tertiary/aromatic N) is 2. The largest absolute Gasteiger partial charge is 0.476 e. The second kappa shape index (κ2) is 2.83. The molecule has 2 aromatic heterocycles. The van der Waals surface area contributed by atoms with E-state index < -0.39 is 5.97 Å². The van der Waals surface area contributed by atoms with E-state index in [0.717, 1.165) is 11.5 Å². The summed E-state index contributed by atoms with van der Waals surface area (Å²) in [6.07, 6.45) is 0.697. The summed E-state index contributed by atoms with van der Waals surface area (Å²) < 4.78 is 12.2. The van der Waals surface area contributed by atoms with E-state index in [4.69, 9.17) is 14.3 Å². The van der Waals surface area contributed by atoms with Crippen molar-refractivity contribution in [2.75, 3.05) is 6.61 Å². The van der Waals surface area contributed by atoms with Crippen LogP contribution in [0.3, 0.4) is 0 Å². The highest BCUT2D eigenvalue weighted by molar-refractivity contribution is 5.86. The molecule has 6 heteroatoms. The van der Waals surface area contributed by atoms with Gasteiger partial charge in [-0.2, -0.15) is 5.10 Å². The Balaban J connectivity index is 2.21. The van der Waals surface area contributed by atoms with Crippen molar-refractivity contribution in [2.45, 2.75) is 13.0 Å². The van der Waals surface area contributed by atoms with Gasteiger partial charge in [-0.25, -0.2) is 9.31 Å². The number of ether oxygens (including phenoxy) is 1. The van der Waals surface area contributed by atoms with Crippen LogP contribution in [-0.4, -0.2) is 27.3 Å². The Hall–Kier alpha value is -1.82. The fourth-order valence-electron chi connectivity index (χ4n) is 1.73. The van der Waals surface area contributed by atoms with Crippen molar-refractivity contribution in [3.8, 4) is 0 Å². The highest BCUT2D eigenvalue weighted by atomic mass is 16.5. The summed E-state index contributed by atoms with van der Waals surface area (Å²) in [6.45, 7) is 1.05. The van der Waals surface area contributed by atoms with E-state index in [-0.39, 0.29) is 5.69 Å². The Morgan fingerprint density at radius 3 is 3.27 bits per heavy atom. The highest BCUT2D eigenvalue weighted by Gasteiger charge is 2.21. The molecule has 0 bridgehead atoms. The summed E-state index contributed by atoms with van der Waals surface area (Å²) in [5, 5.41) is 12.7. The lowest BCUT2D eigenvalue weighted by molar-refractivity contribution is 0.0689. The molecule has 6 nitrogen and oxygen atoms in total. The van der Waals surface area contributed by atoms with Crippen molar-refractivity contribution in [1.82, 2.24) is 9.61 Å². The van der Waals surface area contributed by atoms with E-state index in [1.807, 2.05) is 0 Å². The molecule has 1 aliphatic rings. The average molecular weight is 208 g/mol. The number of aromatic carboxylic acids is 1. The first-order valence-electron chi connectivity index (χ1n) is 4.57. The van der Waals surface area contributed by atoms with Gasteiger partial charge in [-0.05, 0) is 0 Å². The summed E-state index contributed by atoms with van der Waals surface area (Å²) in [4.78, 5) is 10.7. The molecule has 0 aliphatic carbocycles. The predicted molar refractivity (Wildman–Crippen MR) is 47.8 cm³/mol. The normalized spacial score (nSPS) is 15.5. The number of carboxylic acid groups (broad SMARTS) is 1. The first-order chi connectivity index (χ1) is 7.25. The van der Waals surface area contributed by atoms with Crippen LogP contribution in [0.1, 0.15) is 21.9 Å². The van der Waals surface area contributed by atoms with Gasteiger partial charge in [0.25, 0.3) is 0 Å². The molecule has 0 spiro atoms. The molecule has 1 N–H and O–H groups in total. The van der Waals surface area contributed by atoms with Crippen molar-refractivity contribution in [3.63, 3.8) is 0 Å². The smallest absolute Gasteiger partial charge is 0.356 e. The van der Waals surface area contributed by atoms with Crippen LogP contribution >= 0.6 is 0 Å². The molecule has 0 fully saturated rings. The molecule has 78 valence electrons. The first-order valence-corrected chi connectivity index (χ1v) is 4.57. The molecule has 15 heavy (non-hydrogen) atoms. The standard InChI is InChI=1S/C9H8N2O4/c12-9(13)5-3-8-11(10-5)6-1-2-14-4-7(6)15-8/h3H,1-2,4H2,(H,12,13). The molecular formula is C9H8N2O4. The maximum Gasteiger partial charge on any atom is 0.356 e. The van der Waals surface area contributed by atoms with Crippen LogP contribution in [0.25, 0.3) is 5.71 Å². The number of rotatable bonds is 1. The van der Waals surface area contributed by atoms with Crippen LogP contribution in [0.2, 0.25) is 0 Å². The van der Waals surface area contributed by atoms with E-state index in [0.29, 0.717) is 25.3 Å². The van der Waals surface area contributed by atoms with E-state index in [9.17, 15) is 4.79 Å². The molecule has 2 aromatic rings. The quantitative estimate of drug-likeness (QED) is 0.746. The van der Waals surface area contributed by atoms with Gasteiger partial charge in [0.1, 0.15) is 6.61 Å². The van der Waals surface area contributed by atoms with Crippen LogP contribution in [0.4, 0.5) is 0 Å². The number of aromatic nitrogens is 2. The molecular weight excluding hydrogens is 200 g/mol. The topological polar surface area (TPSA) is 77.0 Å². The minimum Gasteiger partial charge on any atom is -0.476 e. The van der Waals surface area contributed by atoms with Gasteiger partial charge in [0.15, 0.2) is 11.5 Å². The van der Waals surface area contributed by atoms with Gasteiger partial charge in [0, 0.05) is 12.5 Å². The van der Waals surface area contributed by atoms with Crippen LogP contribution < -0.4 is 0 Å². The Bertz CT molecular complexity index is 540. The lowest BCUT2D eigenvalue weighted by Crippen LogP contribution is -2.11. The Morgan fingerprint density at radius 1 is 1.60 bits per heavy atom. The van der Waals surface area contributed by atoms with E-state index in [1.165, 1.54) is 6.07 Å². The summed E-state index contributed by atoms with van der Waals surface area (Å²) in [5.74, 6) is -0.310. The molecule has 1 aliphatic heterocycles. The van der Waals surface area contributed by atoms with Gasteiger partial charge in [-0.3, -0.25) is 0 Å². The number of carboxylic acids is 1. The van der Waals surface area contributed by atoms with Gasteiger partial charge in [-0.15, -0.1) is 0 Å². The maximum atomic E-state index is 10.7. The van der Waals surface area contributed by atoms with Crippen LogP contribution in [-0.2, 0) is 17.8 Å². The van der Waals surface area contributed by atoms with Crippen molar-refractivity contribution in [2.24, 2.45) is 0 Å². The average Bonchev–Trinajstić information content (AvgIpc) is 2.73. The van der Waals surface area contributed by atoms with Gasteiger partial charge in [-0.1, -0.05) is 0 Å². The van der Waals surface area contributed by atoms with Crippen molar-refractivity contribution in [3.05, 3.63) is 23.2 Å². The monoisotopic (exact) mass is 208 g/mol. The predicted octanol–water partition coefficient (Wildman–Crippen LogP) is 0.698. The Kier molecular flexibility index (Phi) is 1.60. The maximum absolute atomic E-state index is 10.7. The summed E-state index contributed by atoms with van der Waals surface area (Å²) in [7, 11) is 0. The zero-order chi connectivity index (χ0) is 10.4. The highest BCUT2D eigenvalue weighted by Crippen LogP contribution is 2.22. The molecule has 0 amide bonds. The number of fused-ring (bicyclic) bond motifs is 3. The van der Waals surface area contributed by atoms with Crippen molar-refractivity contribution in [1.29, 1.82) is 0 Å². The van der Waals surface area contributed by atoms with Gasteiger partial charge < -0.3 is 14.3 Å². The second-order valence-electron chi connectivity index (χ2n) is 3.36. The molecule has 3 rings (SSSR count). The van der Waals surface area contributed by atoms with E-state index in [1.54, 1.807) is 4.52 Å². The third kappa shape index (κ3) is 1.15. The van der Waals surface area contributed by atoms with E-state index in [2.05, 4.69) is 5.10 Å². The molecule has 0 atom stereocenters. The molecule has 0 aromatic carbocycles. The fraction of sp³-hybridized carbons (Fsp3) is 0.333. The Labute approximate surface area is 84.1 Å². The van der Waals surface area contributed by atoms with Gasteiger partial charge >= 0.3 is 5.97 Å². The van der Waals surface area contributed by atoms with Crippen molar-refractivity contribution >= 4 is 11.7 Å². The number of hydrogen-bond donors (Lipinski definition) is 1. The van der Waals surface area contributed by atoms with Crippen LogP contribution in [0.15, 0.2) is 10.5 Å². The molecule has 0 unspecified atom stereocenters. The second-order valence-corrected chi connectivity index (χ2v) is 3.36. The number of oxazole rings is 1. The number of hydrogen-bond acceptors (Lipinski definition) is 4.